The number of aryl methyl sites for hydroxylation is 2. The van der Waals surface area contributed by atoms with Crippen molar-refractivity contribution in [2.75, 3.05) is 32.0 Å². The van der Waals surface area contributed by atoms with Gasteiger partial charge in [0.15, 0.2) is 0 Å². The molecule has 0 aliphatic heterocycles. The number of nitrogen functional groups attached to an aromatic ring is 1. The minimum Gasteiger partial charge on any atom is -0.463 e. The van der Waals surface area contributed by atoms with Crippen LogP contribution in [-0.2, 0) is 29.0 Å². The maximum atomic E-state index is 13.1. The second-order valence-electron chi connectivity index (χ2n) is 7.77. The van der Waals surface area contributed by atoms with Crippen LogP contribution in [0.25, 0.3) is 10.9 Å². The number of amides is 2. The summed E-state index contributed by atoms with van der Waals surface area (Å²) in [6, 6.07) is 10.7. The molecular weight excluding hydrogens is 411 g/mol. The molecule has 0 radical (unpaired) electrons. The quantitative estimate of drug-likeness (QED) is 0.496. The maximum absolute atomic E-state index is 13.1. The van der Waals surface area contributed by atoms with Crippen LogP contribution in [0.3, 0.4) is 0 Å². The van der Waals surface area contributed by atoms with E-state index in [-0.39, 0.29) is 24.7 Å². The van der Waals surface area contributed by atoms with Gasteiger partial charge in [-0.25, -0.2) is 4.39 Å². The van der Waals surface area contributed by atoms with Crippen LogP contribution in [0.15, 0.2) is 42.6 Å². The smallest absolute Gasteiger partial charge is 0.228 e. The van der Waals surface area contributed by atoms with Crippen molar-refractivity contribution in [1.29, 1.82) is 0 Å². The Hall–Kier alpha value is -3.55. The highest BCUT2D eigenvalue weighted by Gasteiger charge is 2.17. The van der Waals surface area contributed by atoms with E-state index in [0.717, 1.165) is 16.5 Å². The summed E-state index contributed by atoms with van der Waals surface area (Å²) in [6.07, 6.45) is 2.72. The summed E-state index contributed by atoms with van der Waals surface area (Å²) in [5, 5.41) is 3.70. The number of carbonyl (C=O) groups is 2. The number of aromatic nitrogens is 1. The second kappa shape index (κ2) is 10.2. The first-order valence-electron chi connectivity index (χ1n) is 10.5. The molecule has 0 fully saturated rings. The highest BCUT2D eigenvalue weighted by atomic mass is 19.1. The number of nitrogens with zero attached hydrogens (tertiary/aromatic N) is 2. The fourth-order valence-corrected chi connectivity index (χ4v) is 3.62. The highest BCUT2D eigenvalue weighted by molar-refractivity contribution is 5.94. The summed E-state index contributed by atoms with van der Waals surface area (Å²) >= 11 is 0. The number of benzene rings is 2. The van der Waals surface area contributed by atoms with E-state index < -0.39 is 6.86 Å². The molecule has 3 N–H and O–H groups in total. The van der Waals surface area contributed by atoms with Gasteiger partial charge in [-0.2, -0.15) is 0 Å². The van der Waals surface area contributed by atoms with Crippen LogP contribution < -0.4 is 15.8 Å². The van der Waals surface area contributed by atoms with E-state index in [1.807, 2.05) is 23.8 Å². The summed E-state index contributed by atoms with van der Waals surface area (Å²) in [6.45, 7) is 1.73. The number of hydrogen-bond acceptors (Lipinski definition) is 4. The standard InChI is InChI=1S/C24H29FN4O3/c1-4-29-14-17(12-24(31)28(2)3)18-11-16(22(32-15-25)13-21(18)29)9-10-23(30)27-20-8-6-5-7-19(20)26/h5-8,11,13-14H,4,9-10,12,15,26H2,1-3H3,(H,27,30). The van der Waals surface area contributed by atoms with Crippen molar-refractivity contribution in [2.45, 2.75) is 32.7 Å². The lowest BCUT2D eigenvalue weighted by Crippen LogP contribution is -2.23. The summed E-state index contributed by atoms with van der Waals surface area (Å²) in [7, 11) is 3.44. The molecule has 0 unspecified atom stereocenters. The van der Waals surface area contributed by atoms with Crippen LogP contribution >= 0.6 is 0 Å². The number of nitrogens with two attached hydrogens (primary N) is 1. The van der Waals surface area contributed by atoms with Gasteiger partial charge in [-0.05, 0) is 42.7 Å². The number of carbonyl (C=O) groups excluding carboxylic acids is 2. The van der Waals surface area contributed by atoms with Gasteiger partial charge in [-0.1, -0.05) is 12.1 Å². The summed E-state index contributed by atoms with van der Waals surface area (Å²) in [5.41, 5.74) is 9.38. The Morgan fingerprint density at radius 2 is 1.94 bits per heavy atom. The molecule has 2 aromatic carbocycles. The number of ether oxygens (including phenoxy) is 1. The second-order valence-corrected chi connectivity index (χ2v) is 7.77. The number of likely N-dealkylation sites (N-methyl/N-ethyl adjacent to an activating group) is 1. The molecule has 0 atom stereocenters. The molecular formula is C24H29FN4O3. The third-order valence-electron chi connectivity index (χ3n) is 5.39. The molecule has 170 valence electrons. The first-order valence-corrected chi connectivity index (χ1v) is 10.5. The van der Waals surface area contributed by atoms with E-state index >= 15 is 0 Å². The molecule has 8 heteroatoms. The predicted molar refractivity (Wildman–Crippen MR) is 124 cm³/mol. The molecule has 0 spiro atoms. The van der Waals surface area contributed by atoms with Gasteiger partial charge in [-0.15, -0.1) is 0 Å². The fraction of sp³-hybridized carbons (Fsp3) is 0.333. The topological polar surface area (TPSA) is 89.6 Å². The number of nitrogens with one attached hydrogen (secondary N) is 1. The number of alkyl halides is 1. The van der Waals surface area contributed by atoms with Crippen LogP contribution in [-0.4, -0.2) is 42.2 Å². The molecule has 32 heavy (non-hydrogen) atoms. The van der Waals surface area contributed by atoms with Crippen molar-refractivity contribution in [1.82, 2.24) is 9.47 Å². The van der Waals surface area contributed by atoms with Gasteiger partial charge in [0.05, 0.1) is 23.3 Å². The molecule has 0 aliphatic rings. The van der Waals surface area contributed by atoms with Gasteiger partial charge in [0, 0.05) is 44.7 Å². The largest absolute Gasteiger partial charge is 0.463 e. The molecule has 1 aromatic heterocycles. The molecule has 3 aromatic rings. The van der Waals surface area contributed by atoms with Crippen LogP contribution in [0, 0.1) is 0 Å². The molecule has 0 saturated heterocycles. The summed E-state index contributed by atoms with van der Waals surface area (Å²) in [4.78, 5) is 26.3. The maximum Gasteiger partial charge on any atom is 0.228 e. The predicted octanol–water partition coefficient (Wildman–Crippen LogP) is 3.75. The van der Waals surface area contributed by atoms with Gasteiger partial charge < -0.3 is 25.3 Å². The molecule has 0 aliphatic carbocycles. The average molecular weight is 441 g/mol. The Labute approximate surface area is 186 Å². The summed E-state index contributed by atoms with van der Waals surface area (Å²) < 4.78 is 20.3. The minimum atomic E-state index is -0.968. The van der Waals surface area contributed by atoms with E-state index in [0.29, 0.717) is 35.7 Å². The molecule has 1 heterocycles. The Morgan fingerprint density at radius 1 is 1.19 bits per heavy atom. The zero-order valence-corrected chi connectivity index (χ0v) is 18.7. The van der Waals surface area contributed by atoms with Crippen molar-refractivity contribution in [3.8, 4) is 5.75 Å². The first-order chi connectivity index (χ1) is 15.3. The molecule has 2 amide bonds. The average Bonchev–Trinajstić information content (AvgIpc) is 3.10. The molecule has 7 nitrogen and oxygen atoms in total. The minimum absolute atomic E-state index is 0.00869. The Kier molecular flexibility index (Phi) is 7.35. The fourth-order valence-electron chi connectivity index (χ4n) is 3.62. The Morgan fingerprint density at radius 3 is 2.59 bits per heavy atom. The lowest BCUT2D eigenvalue weighted by Gasteiger charge is -2.13. The van der Waals surface area contributed by atoms with Crippen molar-refractivity contribution in [3.63, 3.8) is 0 Å². The number of para-hydroxylation sites is 2. The highest BCUT2D eigenvalue weighted by Crippen LogP contribution is 2.31. The number of fused-ring (bicyclic) bond motifs is 1. The van der Waals surface area contributed by atoms with Crippen molar-refractivity contribution < 1.29 is 18.7 Å². The summed E-state index contributed by atoms with van der Waals surface area (Å²) in [5.74, 6) is 0.180. The zero-order valence-electron chi connectivity index (χ0n) is 18.7. The van der Waals surface area contributed by atoms with Gasteiger partial charge in [0.25, 0.3) is 0 Å². The van der Waals surface area contributed by atoms with Crippen LogP contribution in [0.1, 0.15) is 24.5 Å². The molecule has 0 saturated carbocycles. The van der Waals surface area contributed by atoms with E-state index in [2.05, 4.69) is 5.32 Å². The van der Waals surface area contributed by atoms with E-state index in [9.17, 15) is 14.0 Å². The van der Waals surface area contributed by atoms with Gasteiger partial charge in [-0.3, -0.25) is 9.59 Å². The van der Waals surface area contributed by atoms with Crippen molar-refractivity contribution in [2.24, 2.45) is 0 Å². The van der Waals surface area contributed by atoms with E-state index in [1.54, 1.807) is 49.3 Å². The Bertz CT molecular complexity index is 1120. The zero-order chi connectivity index (χ0) is 23.3. The van der Waals surface area contributed by atoms with Crippen molar-refractivity contribution in [3.05, 3.63) is 53.7 Å². The van der Waals surface area contributed by atoms with Gasteiger partial charge in [0.1, 0.15) is 5.75 Å². The number of halogens is 1. The lowest BCUT2D eigenvalue weighted by molar-refractivity contribution is -0.128. The van der Waals surface area contributed by atoms with Crippen molar-refractivity contribution >= 4 is 34.1 Å². The van der Waals surface area contributed by atoms with E-state index in [4.69, 9.17) is 10.5 Å². The van der Waals surface area contributed by atoms with Crippen LogP contribution in [0.4, 0.5) is 15.8 Å². The Balaban J connectivity index is 1.88. The van der Waals surface area contributed by atoms with Crippen LogP contribution in [0.5, 0.6) is 5.75 Å². The first kappa shape index (κ1) is 23.1. The molecule has 3 rings (SSSR count). The normalized spacial score (nSPS) is 10.9. The number of hydrogen-bond donors (Lipinski definition) is 2. The number of anilines is 2. The third-order valence-corrected chi connectivity index (χ3v) is 5.39. The van der Waals surface area contributed by atoms with Crippen LogP contribution in [0.2, 0.25) is 0 Å². The number of rotatable bonds is 9. The van der Waals surface area contributed by atoms with Gasteiger partial charge >= 0.3 is 0 Å². The lowest BCUT2D eigenvalue weighted by atomic mass is 10.0. The third kappa shape index (κ3) is 5.19. The van der Waals surface area contributed by atoms with E-state index in [1.165, 1.54) is 0 Å². The molecule has 0 bridgehead atoms. The monoisotopic (exact) mass is 440 g/mol. The van der Waals surface area contributed by atoms with Gasteiger partial charge in [0.2, 0.25) is 18.7 Å². The SMILES string of the molecule is CCn1cc(CC(=O)N(C)C)c2cc(CCC(=O)Nc3ccccc3N)c(OCF)cc21.